The van der Waals surface area contributed by atoms with Crippen LogP contribution in [0.5, 0.6) is 0 Å². The Labute approximate surface area is 127 Å². The van der Waals surface area contributed by atoms with Crippen molar-refractivity contribution < 1.29 is 0 Å². The van der Waals surface area contributed by atoms with Gasteiger partial charge in [-0.25, -0.2) is 0 Å². The highest BCUT2D eigenvalue weighted by molar-refractivity contribution is 4.92. The van der Waals surface area contributed by atoms with Gasteiger partial charge in [-0.05, 0) is 56.5 Å². The zero-order chi connectivity index (χ0) is 15.1. The lowest BCUT2D eigenvalue weighted by atomic mass is 9.77. The maximum Gasteiger partial charge on any atom is 0.0139 e. The lowest BCUT2D eigenvalue weighted by molar-refractivity contribution is 0.0152. The fraction of sp³-hybridized carbons (Fsp3) is 1.00. The molecule has 0 aromatic carbocycles. The van der Waals surface area contributed by atoms with Gasteiger partial charge in [-0.15, -0.1) is 0 Å². The summed E-state index contributed by atoms with van der Waals surface area (Å²) in [7, 11) is 0. The largest absolute Gasteiger partial charge is 0.316 e. The van der Waals surface area contributed by atoms with Gasteiger partial charge >= 0.3 is 0 Å². The fourth-order valence-electron chi connectivity index (χ4n) is 3.52. The standard InChI is InChI=1S/C18H38N2/c1-7-17(8-2)20(13-15(5)6)18-10-9-16(18)12-19-11-14(3)4/h14-19H,7-13H2,1-6H3. The van der Waals surface area contributed by atoms with Gasteiger partial charge in [-0.1, -0.05) is 41.5 Å². The van der Waals surface area contributed by atoms with Crippen molar-refractivity contribution in [2.45, 2.75) is 79.3 Å². The summed E-state index contributed by atoms with van der Waals surface area (Å²) in [6, 6.07) is 1.62. The molecule has 0 heterocycles. The van der Waals surface area contributed by atoms with Crippen LogP contribution in [-0.4, -0.2) is 36.6 Å². The third-order valence-electron chi connectivity index (χ3n) is 4.75. The monoisotopic (exact) mass is 282 g/mol. The van der Waals surface area contributed by atoms with Crippen LogP contribution in [0.1, 0.15) is 67.2 Å². The lowest BCUT2D eigenvalue weighted by Crippen LogP contribution is -2.55. The van der Waals surface area contributed by atoms with Crippen LogP contribution in [0.3, 0.4) is 0 Å². The van der Waals surface area contributed by atoms with E-state index in [4.69, 9.17) is 0 Å². The molecule has 1 fully saturated rings. The van der Waals surface area contributed by atoms with Crippen molar-refractivity contribution >= 4 is 0 Å². The van der Waals surface area contributed by atoms with Gasteiger partial charge in [-0.3, -0.25) is 4.90 Å². The summed E-state index contributed by atoms with van der Waals surface area (Å²) in [6.45, 7) is 17.7. The van der Waals surface area contributed by atoms with Gasteiger partial charge in [0.25, 0.3) is 0 Å². The van der Waals surface area contributed by atoms with Crippen LogP contribution in [-0.2, 0) is 0 Å². The van der Waals surface area contributed by atoms with E-state index in [2.05, 4.69) is 51.8 Å². The van der Waals surface area contributed by atoms with Crippen LogP contribution < -0.4 is 5.32 Å². The molecule has 0 radical (unpaired) electrons. The second kappa shape index (κ2) is 9.04. The van der Waals surface area contributed by atoms with Gasteiger partial charge in [0.2, 0.25) is 0 Å². The Kier molecular flexibility index (Phi) is 8.13. The number of nitrogens with one attached hydrogen (secondary N) is 1. The molecule has 0 spiro atoms. The Morgan fingerprint density at radius 2 is 1.65 bits per heavy atom. The molecule has 0 saturated heterocycles. The Morgan fingerprint density at radius 3 is 2.05 bits per heavy atom. The first-order valence-corrected chi connectivity index (χ1v) is 8.95. The Morgan fingerprint density at radius 1 is 1.00 bits per heavy atom. The van der Waals surface area contributed by atoms with Crippen LogP contribution in [0.25, 0.3) is 0 Å². The Balaban J connectivity index is 2.52. The summed E-state index contributed by atoms with van der Waals surface area (Å²) in [6.07, 6.45) is 5.43. The second-order valence-electron chi connectivity index (χ2n) is 7.52. The van der Waals surface area contributed by atoms with E-state index < -0.39 is 0 Å². The summed E-state index contributed by atoms with van der Waals surface area (Å²) in [5, 5.41) is 3.67. The van der Waals surface area contributed by atoms with Crippen LogP contribution in [0, 0.1) is 17.8 Å². The Bertz CT molecular complexity index is 246. The van der Waals surface area contributed by atoms with Gasteiger partial charge in [0.05, 0.1) is 0 Å². The molecule has 1 rings (SSSR count). The molecular formula is C18H38N2. The van der Waals surface area contributed by atoms with E-state index in [0.717, 1.165) is 29.8 Å². The van der Waals surface area contributed by atoms with Gasteiger partial charge in [0, 0.05) is 18.6 Å². The molecule has 0 aliphatic heterocycles. The first kappa shape index (κ1) is 18.0. The SMILES string of the molecule is CCC(CC)N(CC(C)C)C1CCC1CNCC(C)C. The minimum absolute atomic E-state index is 0.763. The van der Waals surface area contributed by atoms with Gasteiger partial charge in [-0.2, -0.15) is 0 Å². The third kappa shape index (κ3) is 5.37. The maximum absolute atomic E-state index is 3.67. The Hall–Kier alpha value is -0.0800. The van der Waals surface area contributed by atoms with E-state index in [9.17, 15) is 0 Å². The van der Waals surface area contributed by atoms with E-state index in [1.807, 2.05) is 0 Å². The van der Waals surface area contributed by atoms with Crippen molar-refractivity contribution in [1.29, 1.82) is 0 Å². The molecule has 20 heavy (non-hydrogen) atoms. The molecule has 1 aliphatic rings. The highest BCUT2D eigenvalue weighted by Gasteiger charge is 2.37. The van der Waals surface area contributed by atoms with Crippen molar-refractivity contribution in [1.82, 2.24) is 10.2 Å². The zero-order valence-electron chi connectivity index (χ0n) is 14.8. The summed E-state index contributed by atoms with van der Waals surface area (Å²) in [5.41, 5.74) is 0. The molecule has 0 aromatic rings. The topological polar surface area (TPSA) is 15.3 Å². The van der Waals surface area contributed by atoms with Gasteiger partial charge in [0.15, 0.2) is 0 Å². The van der Waals surface area contributed by atoms with E-state index in [1.165, 1.54) is 45.3 Å². The highest BCUT2D eigenvalue weighted by Crippen LogP contribution is 2.34. The van der Waals surface area contributed by atoms with Crippen molar-refractivity contribution in [2.75, 3.05) is 19.6 Å². The van der Waals surface area contributed by atoms with Crippen LogP contribution in [0.2, 0.25) is 0 Å². The molecule has 0 aromatic heterocycles. The second-order valence-corrected chi connectivity index (χ2v) is 7.52. The summed E-state index contributed by atoms with van der Waals surface area (Å²) >= 11 is 0. The molecule has 2 unspecified atom stereocenters. The smallest absolute Gasteiger partial charge is 0.0139 e. The van der Waals surface area contributed by atoms with Crippen molar-refractivity contribution in [3.8, 4) is 0 Å². The predicted molar refractivity (Wildman–Crippen MR) is 90.1 cm³/mol. The molecule has 0 amide bonds. The molecule has 1 saturated carbocycles. The average molecular weight is 283 g/mol. The van der Waals surface area contributed by atoms with Crippen molar-refractivity contribution in [3.05, 3.63) is 0 Å². The van der Waals surface area contributed by atoms with Gasteiger partial charge < -0.3 is 5.32 Å². The zero-order valence-corrected chi connectivity index (χ0v) is 14.8. The number of rotatable bonds is 10. The first-order valence-electron chi connectivity index (χ1n) is 8.95. The number of hydrogen-bond donors (Lipinski definition) is 1. The van der Waals surface area contributed by atoms with Crippen molar-refractivity contribution in [3.63, 3.8) is 0 Å². The van der Waals surface area contributed by atoms with Crippen LogP contribution in [0.4, 0.5) is 0 Å². The van der Waals surface area contributed by atoms with Crippen LogP contribution >= 0.6 is 0 Å². The summed E-state index contributed by atoms with van der Waals surface area (Å²) in [4.78, 5) is 2.84. The lowest BCUT2D eigenvalue weighted by Gasteiger charge is -2.48. The molecule has 2 heteroatoms. The quantitative estimate of drug-likeness (QED) is 0.647. The van der Waals surface area contributed by atoms with Gasteiger partial charge in [0.1, 0.15) is 0 Å². The minimum atomic E-state index is 0.763. The molecule has 1 aliphatic carbocycles. The third-order valence-corrected chi connectivity index (χ3v) is 4.75. The minimum Gasteiger partial charge on any atom is -0.316 e. The predicted octanol–water partition coefficient (Wildman–Crippen LogP) is 4.16. The van der Waals surface area contributed by atoms with Crippen molar-refractivity contribution in [2.24, 2.45) is 17.8 Å². The van der Waals surface area contributed by atoms with Crippen LogP contribution in [0.15, 0.2) is 0 Å². The maximum atomic E-state index is 3.67. The molecule has 120 valence electrons. The molecule has 2 nitrogen and oxygen atoms in total. The number of nitrogens with zero attached hydrogens (tertiary/aromatic N) is 1. The summed E-state index contributed by atoms with van der Waals surface area (Å²) < 4.78 is 0. The summed E-state index contributed by atoms with van der Waals surface area (Å²) in [5.74, 6) is 2.42. The van der Waals surface area contributed by atoms with E-state index >= 15 is 0 Å². The first-order chi connectivity index (χ1) is 9.49. The van der Waals surface area contributed by atoms with E-state index in [-0.39, 0.29) is 0 Å². The fourth-order valence-corrected chi connectivity index (χ4v) is 3.52. The average Bonchev–Trinajstić information content (AvgIpc) is 2.33. The van der Waals surface area contributed by atoms with E-state index in [1.54, 1.807) is 0 Å². The molecular weight excluding hydrogens is 244 g/mol. The highest BCUT2D eigenvalue weighted by atomic mass is 15.2. The normalized spacial score (nSPS) is 23.1. The molecule has 2 atom stereocenters. The van der Waals surface area contributed by atoms with E-state index in [0.29, 0.717) is 0 Å². The number of hydrogen-bond acceptors (Lipinski definition) is 2. The molecule has 0 bridgehead atoms. The molecule has 1 N–H and O–H groups in total.